The number of carbonyl (C=O) groups is 1. The van der Waals surface area contributed by atoms with Gasteiger partial charge in [-0.1, -0.05) is 30.3 Å². The zero-order valence-electron chi connectivity index (χ0n) is 10.4. The minimum atomic E-state index is -3.10. The second kappa shape index (κ2) is 5.69. The van der Waals surface area contributed by atoms with Crippen LogP contribution < -0.4 is 4.74 Å². The van der Waals surface area contributed by atoms with Gasteiger partial charge in [0.15, 0.2) is 6.61 Å². The van der Waals surface area contributed by atoms with Crippen molar-refractivity contribution < 1.29 is 23.4 Å². The van der Waals surface area contributed by atoms with Crippen molar-refractivity contribution in [3.8, 4) is 5.75 Å². The second-order valence-electron chi connectivity index (χ2n) is 4.19. The van der Waals surface area contributed by atoms with E-state index in [-0.39, 0.29) is 16.9 Å². The smallest absolute Gasteiger partial charge is 0.335 e. The minimum Gasteiger partial charge on any atom is -0.487 e. The Morgan fingerprint density at radius 1 is 1.05 bits per heavy atom. The molecule has 0 radical (unpaired) electrons. The maximum Gasteiger partial charge on any atom is 0.335 e. The first-order valence-electron chi connectivity index (χ1n) is 5.88. The number of alkyl halides is 2. The predicted molar refractivity (Wildman–Crippen MR) is 69.2 cm³/mol. The largest absolute Gasteiger partial charge is 0.487 e. The molecule has 0 fully saturated rings. The quantitative estimate of drug-likeness (QED) is 0.909. The zero-order chi connectivity index (χ0) is 14.6. The number of aromatic carboxylic acids is 1. The molecule has 0 aliphatic carbocycles. The highest BCUT2D eigenvalue weighted by atomic mass is 19.3. The van der Waals surface area contributed by atoms with Gasteiger partial charge in [0, 0.05) is 5.56 Å². The van der Waals surface area contributed by atoms with E-state index >= 15 is 0 Å². The van der Waals surface area contributed by atoms with Crippen LogP contribution in [0.25, 0.3) is 0 Å². The number of hydrogen-bond acceptors (Lipinski definition) is 2. The first kappa shape index (κ1) is 14.0. The predicted octanol–water partition coefficient (Wildman–Crippen LogP) is 3.56. The van der Waals surface area contributed by atoms with E-state index < -0.39 is 18.5 Å². The van der Waals surface area contributed by atoms with Crippen molar-refractivity contribution in [2.24, 2.45) is 0 Å². The van der Waals surface area contributed by atoms with Gasteiger partial charge >= 0.3 is 11.9 Å². The molecule has 0 saturated heterocycles. The highest BCUT2D eigenvalue weighted by Gasteiger charge is 2.32. The van der Waals surface area contributed by atoms with Gasteiger partial charge in [-0.15, -0.1) is 0 Å². The maximum atomic E-state index is 13.8. The lowest BCUT2D eigenvalue weighted by atomic mass is 10.1. The van der Waals surface area contributed by atoms with Crippen molar-refractivity contribution in [2.75, 3.05) is 6.61 Å². The molecule has 1 N–H and O–H groups in total. The third-order valence-electron chi connectivity index (χ3n) is 2.72. The van der Waals surface area contributed by atoms with Gasteiger partial charge in [-0.3, -0.25) is 0 Å². The molecule has 0 atom stereocenters. The Labute approximate surface area is 114 Å². The van der Waals surface area contributed by atoms with Crippen LogP contribution in [0.15, 0.2) is 54.6 Å². The van der Waals surface area contributed by atoms with Crippen LogP contribution in [0.4, 0.5) is 8.78 Å². The van der Waals surface area contributed by atoms with Gasteiger partial charge in [-0.25, -0.2) is 4.79 Å². The Morgan fingerprint density at radius 2 is 1.65 bits per heavy atom. The molecule has 104 valence electrons. The lowest BCUT2D eigenvalue weighted by molar-refractivity contribution is -0.0467. The number of carboxylic acids is 1. The summed E-state index contributed by atoms with van der Waals surface area (Å²) in [6.07, 6.45) is 0. The summed E-state index contributed by atoms with van der Waals surface area (Å²) >= 11 is 0. The number of hydrogen-bond donors (Lipinski definition) is 1. The normalized spacial score (nSPS) is 11.1. The number of rotatable bonds is 5. The van der Waals surface area contributed by atoms with Gasteiger partial charge in [-0.05, 0) is 24.3 Å². The molecule has 0 bridgehead atoms. The number of benzene rings is 2. The van der Waals surface area contributed by atoms with Gasteiger partial charge in [-0.2, -0.15) is 8.78 Å². The Kier molecular flexibility index (Phi) is 3.98. The van der Waals surface area contributed by atoms with Crippen molar-refractivity contribution in [3.05, 3.63) is 65.7 Å². The van der Waals surface area contributed by atoms with Gasteiger partial charge in [0.2, 0.25) is 0 Å². The van der Waals surface area contributed by atoms with Crippen LogP contribution in [0.3, 0.4) is 0 Å². The number of ether oxygens (including phenoxy) is 1. The molecule has 2 aromatic carbocycles. The average Bonchev–Trinajstić information content (AvgIpc) is 2.46. The maximum absolute atomic E-state index is 13.8. The summed E-state index contributed by atoms with van der Waals surface area (Å²) in [5.74, 6) is -3.98. The lowest BCUT2D eigenvalue weighted by Crippen LogP contribution is -2.23. The average molecular weight is 278 g/mol. The molecular weight excluding hydrogens is 266 g/mol. The summed E-state index contributed by atoms with van der Waals surface area (Å²) in [4.78, 5) is 10.7. The molecule has 0 aliphatic rings. The molecule has 20 heavy (non-hydrogen) atoms. The Hall–Kier alpha value is -2.43. The molecule has 5 heteroatoms. The number of halogens is 2. The third kappa shape index (κ3) is 3.32. The molecular formula is C15H12F2O3. The van der Waals surface area contributed by atoms with E-state index in [1.165, 1.54) is 48.5 Å². The van der Waals surface area contributed by atoms with Crippen molar-refractivity contribution >= 4 is 5.97 Å². The molecule has 0 spiro atoms. The van der Waals surface area contributed by atoms with Crippen molar-refractivity contribution in [3.63, 3.8) is 0 Å². The third-order valence-corrected chi connectivity index (χ3v) is 2.72. The lowest BCUT2D eigenvalue weighted by Gasteiger charge is -2.17. The molecule has 2 rings (SSSR count). The van der Waals surface area contributed by atoms with E-state index in [1.807, 2.05) is 0 Å². The van der Waals surface area contributed by atoms with Gasteiger partial charge in [0.25, 0.3) is 0 Å². The van der Waals surface area contributed by atoms with E-state index in [4.69, 9.17) is 9.84 Å². The SMILES string of the molecule is O=C(O)c1ccc(OCC(F)(F)c2ccccc2)cc1. The summed E-state index contributed by atoms with van der Waals surface area (Å²) in [7, 11) is 0. The zero-order valence-corrected chi connectivity index (χ0v) is 10.4. The van der Waals surface area contributed by atoms with Crippen molar-refractivity contribution in [1.29, 1.82) is 0 Å². The first-order valence-corrected chi connectivity index (χ1v) is 5.88. The fourth-order valence-electron chi connectivity index (χ4n) is 1.63. The van der Waals surface area contributed by atoms with E-state index in [0.29, 0.717) is 0 Å². The van der Waals surface area contributed by atoms with Crippen LogP contribution in [0, 0.1) is 0 Å². The van der Waals surface area contributed by atoms with Gasteiger partial charge in [0.05, 0.1) is 5.56 Å². The fraction of sp³-hybridized carbons (Fsp3) is 0.133. The molecule has 0 amide bonds. The molecule has 0 aromatic heterocycles. The van der Waals surface area contributed by atoms with Crippen LogP contribution >= 0.6 is 0 Å². The van der Waals surface area contributed by atoms with E-state index in [1.54, 1.807) is 6.07 Å². The molecule has 0 aliphatic heterocycles. The summed E-state index contributed by atoms with van der Waals surface area (Å²) in [5.41, 5.74) is -0.0469. The van der Waals surface area contributed by atoms with Gasteiger partial charge in [0.1, 0.15) is 5.75 Å². The number of carboxylic acid groups (broad SMARTS) is 1. The standard InChI is InChI=1S/C15H12F2O3/c16-15(17,12-4-2-1-3-5-12)10-20-13-8-6-11(7-9-13)14(18)19/h1-9H,10H2,(H,18,19). The molecule has 0 unspecified atom stereocenters. The minimum absolute atomic E-state index is 0.0761. The Balaban J connectivity index is 2.03. The second-order valence-corrected chi connectivity index (χ2v) is 4.19. The molecule has 0 heterocycles. The van der Waals surface area contributed by atoms with E-state index in [0.717, 1.165) is 0 Å². The van der Waals surface area contributed by atoms with E-state index in [9.17, 15) is 13.6 Å². The summed E-state index contributed by atoms with van der Waals surface area (Å²) < 4.78 is 32.7. The highest BCUT2D eigenvalue weighted by Crippen LogP contribution is 2.28. The Bertz CT molecular complexity index is 580. The molecule has 3 nitrogen and oxygen atoms in total. The fourth-order valence-corrected chi connectivity index (χ4v) is 1.63. The van der Waals surface area contributed by atoms with Crippen molar-refractivity contribution in [1.82, 2.24) is 0 Å². The monoisotopic (exact) mass is 278 g/mol. The molecule has 0 saturated carbocycles. The first-order chi connectivity index (χ1) is 9.49. The van der Waals surface area contributed by atoms with Crippen LogP contribution in [-0.2, 0) is 5.92 Å². The van der Waals surface area contributed by atoms with Crippen LogP contribution in [-0.4, -0.2) is 17.7 Å². The van der Waals surface area contributed by atoms with Crippen LogP contribution in [0.2, 0.25) is 0 Å². The Morgan fingerprint density at radius 3 is 2.20 bits per heavy atom. The summed E-state index contributed by atoms with van der Waals surface area (Å²) in [5, 5.41) is 8.72. The summed E-state index contributed by atoms with van der Waals surface area (Å²) in [6.45, 7) is -0.802. The van der Waals surface area contributed by atoms with Crippen LogP contribution in [0.1, 0.15) is 15.9 Å². The van der Waals surface area contributed by atoms with E-state index in [2.05, 4.69) is 0 Å². The molecule has 2 aromatic rings. The summed E-state index contributed by atoms with van der Waals surface area (Å²) in [6, 6.07) is 12.7. The topological polar surface area (TPSA) is 46.5 Å². The van der Waals surface area contributed by atoms with Crippen LogP contribution in [0.5, 0.6) is 5.75 Å². The highest BCUT2D eigenvalue weighted by molar-refractivity contribution is 5.87. The van der Waals surface area contributed by atoms with Gasteiger partial charge < -0.3 is 9.84 Å². The van der Waals surface area contributed by atoms with Crippen molar-refractivity contribution in [2.45, 2.75) is 5.92 Å².